The summed E-state index contributed by atoms with van der Waals surface area (Å²) >= 11 is 0. The molecule has 1 aromatic carbocycles. The van der Waals surface area contributed by atoms with Crippen molar-refractivity contribution in [1.29, 1.82) is 0 Å². The Morgan fingerprint density at radius 1 is 1.26 bits per heavy atom. The summed E-state index contributed by atoms with van der Waals surface area (Å²) in [6, 6.07) is 6.69. The molecule has 1 fully saturated rings. The van der Waals surface area contributed by atoms with E-state index in [0.717, 1.165) is 19.4 Å². The second kappa shape index (κ2) is 7.99. The fraction of sp³-hybridized carbons (Fsp3) is 0.533. The van der Waals surface area contributed by atoms with Crippen LogP contribution in [-0.4, -0.2) is 33.2 Å². The normalized spacial score (nSPS) is 21.1. The fourth-order valence-corrected chi connectivity index (χ4v) is 3.04. The number of anilines is 2. The molecular weight excluding hydrogens is 338 g/mol. The monoisotopic (exact) mass is 361 g/mol. The van der Waals surface area contributed by atoms with Crippen molar-refractivity contribution in [2.45, 2.75) is 26.7 Å². The van der Waals surface area contributed by atoms with E-state index in [1.165, 1.54) is 0 Å². The molecule has 1 saturated heterocycles. The highest BCUT2D eigenvalue weighted by molar-refractivity contribution is 7.92. The van der Waals surface area contributed by atoms with Gasteiger partial charge in [0.05, 0.1) is 11.2 Å². The predicted octanol–water partition coefficient (Wildman–Crippen LogP) is 2.20. The number of carbonyl (C=O) groups is 1. The van der Waals surface area contributed by atoms with Gasteiger partial charge in [0.15, 0.2) is 0 Å². The topological polar surface area (TPSA) is 87.3 Å². The van der Waals surface area contributed by atoms with Crippen LogP contribution in [0.1, 0.15) is 26.7 Å². The molecule has 0 radical (unpaired) electrons. The Kier molecular flexibility index (Phi) is 6.85. The van der Waals surface area contributed by atoms with Crippen molar-refractivity contribution >= 4 is 39.7 Å². The van der Waals surface area contributed by atoms with Crippen LogP contribution in [0.3, 0.4) is 0 Å². The van der Waals surface area contributed by atoms with Crippen LogP contribution >= 0.6 is 12.4 Å². The SMILES string of the molecule is CCS(=O)(=O)Nc1ccc(NC(=O)C2(C)CCCNC2)cc1.Cl. The molecule has 0 aromatic heterocycles. The molecule has 23 heavy (non-hydrogen) atoms. The molecule has 1 atom stereocenters. The number of halogens is 1. The van der Waals surface area contributed by atoms with Crippen molar-refractivity contribution in [3.05, 3.63) is 24.3 Å². The third kappa shape index (κ3) is 5.37. The second-order valence-electron chi connectivity index (χ2n) is 5.88. The smallest absolute Gasteiger partial charge is 0.232 e. The molecule has 0 spiro atoms. The van der Waals surface area contributed by atoms with Gasteiger partial charge in [-0.05, 0) is 57.5 Å². The molecular formula is C15H24ClN3O3S. The second-order valence-corrected chi connectivity index (χ2v) is 7.89. The Bertz CT molecular complexity index is 626. The number of hydrogen-bond acceptors (Lipinski definition) is 4. The van der Waals surface area contributed by atoms with E-state index in [4.69, 9.17) is 0 Å². The summed E-state index contributed by atoms with van der Waals surface area (Å²) in [5.41, 5.74) is 0.752. The minimum Gasteiger partial charge on any atom is -0.326 e. The summed E-state index contributed by atoms with van der Waals surface area (Å²) < 4.78 is 25.5. The van der Waals surface area contributed by atoms with Crippen molar-refractivity contribution in [3.63, 3.8) is 0 Å². The van der Waals surface area contributed by atoms with Gasteiger partial charge in [-0.1, -0.05) is 0 Å². The number of amides is 1. The zero-order valence-corrected chi connectivity index (χ0v) is 15.0. The van der Waals surface area contributed by atoms with Crippen LogP contribution in [0.4, 0.5) is 11.4 Å². The lowest BCUT2D eigenvalue weighted by atomic mass is 9.82. The maximum absolute atomic E-state index is 12.4. The lowest BCUT2D eigenvalue weighted by Crippen LogP contribution is -2.46. The van der Waals surface area contributed by atoms with Gasteiger partial charge < -0.3 is 10.6 Å². The van der Waals surface area contributed by atoms with Crippen LogP contribution in [0.25, 0.3) is 0 Å². The van der Waals surface area contributed by atoms with Gasteiger partial charge in [0.25, 0.3) is 0 Å². The largest absolute Gasteiger partial charge is 0.326 e. The lowest BCUT2D eigenvalue weighted by molar-refractivity contribution is -0.125. The fourth-order valence-electron chi connectivity index (χ4n) is 2.41. The predicted molar refractivity (Wildman–Crippen MR) is 95.6 cm³/mol. The van der Waals surface area contributed by atoms with Crippen molar-refractivity contribution in [3.8, 4) is 0 Å². The van der Waals surface area contributed by atoms with Crippen LogP contribution in [0.15, 0.2) is 24.3 Å². The van der Waals surface area contributed by atoms with Gasteiger partial charge in [0.2, 0.25) is 15.9 Å². The Morgan fingerprint density at radius 2 is 1.87 bits per heavy atom. The molecule has 1 heterocycles. The molecule has 1 unspecified atom stereocenters. The first-order valence-corrected chi connectivity index (χ1v) is 9.13. The number of sulfonamides is 1. The molecule has 0 aliphatic carbocycles. The summed E-state index contributed by atoms with van der Waals surface area (Å²) in [5, 5.41) is 6.15. The molecule has 1 aromatic rings. The van der Waals surface area contributed by atoms with E-state index in [1.807, 2.05) is 6.92 Å². The van der Waals surface area contributed by atoms with Crippen LogP contribution in [0, 0.1) is 5.41 Å². The molecule has 1 amide bonds. The van der Waals surface area contributed by atoms with E-state index >= 15 is 0 Å². The Hall–Kier alpha value is -1.31. The minimum atomic E-state index is -3.28. The van der Waals surface area contributed by atoms with E-state index in [0.29, 0.717) is 17.9 Å². The highest BCUT2D eigenvalue weighted by atomic mass is 35.5. The average molecular weight is 362 g/mol. The molecule has 1 aliphatic heterocycles. The zero-order valence-electron chi connectivity index (χ0n) is 13.4. The van der Waals surface area contributed by atoms with Crippen molar-refractivity contribution in [2.24, 2.45) is 5.41 Å². The average Bonchev–Trinajstić information content (AvgIpc) is 2.50. The van der Waals surface area contributed by atoms with E-state index in [2.05, 4.69) is 15.4 Å². The standard InChI is InChI=1S/C15H23N3O3S.ClH/c1-3-22(20,21)18-13-7-5-12(6-8-13)17-14(19)15(2)9-4-10-16-11-15;/h5-8,16,18H,3-4,9-11H2,1-2H3,(H,17,19);1H. The van der Waals surface area contributed by atoms with Gasteiger partial charge in [-0.3, -0.25) is 9.52 Å². The summed E-state index contributed by atoms with van der Waals surface area (Å²) in [7, 11) is -3.28. The van der Waals surface area contributed by atoms with E-state index in [9.17, 15) is 13.2 Å². The highest BCUT2D eigenvalue weighted by Gasteiger charge is 2.34. The first kappa shape index (κ1) is 19.7. The summed E-state index contributed by atoms with van der Waals surface area (Å²) in [6.07, 6.45) is 1.85. The van der Waals surface area contributed by atoms with Gasteiger partial charge in [0, 0.05) is 17.9 Å². The van der Waals surface area contributed by atoms with Crippen LogP contribution in [0.5, 0.6) is 0 Å². The third-order valence-corrected chi connectivity index (χ3v) is 5.25. The molecule has 6 nitrogen and oxygen atoms in total. The first-order valence-electron chi connectivity index (χ1n) is 7.47. The van der Waals surface area contributed by atoms with Gasteiger partial charge in [-0.2, -0.15) is 0 Å². The molecule has 3 N–H and O–H groups in total. The first-order chi connectivity index (χ1) is 10.3. The third-order valence-electron chi connectivity index (χ3n) is 3.94. The molecule has 0 saturated carbocycles. The molecule has 8 heteroatoms. The quantitative estimate of drug-likeness (QED) is 0.750. The number of hydrogen-bond donors (Lipinski definition) is 3. The van der Waals surface area contributed by atoms with E-state index in [-0.39, 0.29) is 24.1 Å². The summed E-state index contributed by atoms with van der Waals surface area (Å²) in [4.78, 5) is 12.4. The Balaban J connectivity index is 0.00000264. The molecule has 2 rings (SSSR count). The van der Waals surface area contributed by atoms with Gasteiger partial charge >= 0.3 is 0 Å². The van der Waals surface area contributed by atoms with Crippen LogP contribution < -0.4 is 15.4 Å². The maximum Gasteiger partial charge on any atom is 0.232 e. The number of piperidine rings is 1. The molecule has 0 bridgehead atoms. The van der Waals surface area contributed by atoms with Crippen LogP contribution in [-0.2, 0) is 14.8 Å². The Labute approximate surface area is 143 Å². The molecule has 1 aliphatic rings. The van der Waals surface area contributed by atoms with Crippen LogP contribution in [0.2, 0.25) is 0 Å². The summed E-state index contributed by atoms with van der Waals surface area (Å²) in [5.74, 6) is 0.0122. The zero-order chi connectivity index (χ0) is 16.2. The van der Waals surface area contributed by atoms with Crippen molar-refractivity contribution < 1.29 is 13.2 Å². The molecule has 130 valence electrons. The summed E-state index contributed by atoms with van der Waals surface area (Å²) in [6.45, 7) is 5.16. The van der Waals surface area contributed by atoms with Gasteiger partial charge in [-0.25, -0.2) is 8.42 Å². The van der Waals surface area contributed by atoms with Crippen molar-refractivity contribution in [1.82, 2.24) is 5.32 Å². The van der Waals surface area contributed by atoms with E-state index < -0.39 is 15.4 Å². The maximum atomic E-state index is 12.4. The van der Waals surface area contributed by atoms with Gasteiger partial charge in [0.1, 0.15) is 0 Å². The number of benzene rings is 1. The highest BCUT2D eigenvalue weighted by Crippen LogP contribution is 2.27. The number of carbonyl (C=O) groups excluding carboxylic acids is 1. The lowest BCUT2D eigenvalue weighted by Gasteiger charge is -2.32. The number of nitrogens with one attached hydrogen (secondary N) is 3. The van der Waals surface area contributed by atoms with E-state index in [1.54, 1.807) is 31.2 Å². The Morgan fingerprint density at radius 3 is 2.39 bits per heavy atom. The number of rotatable bonds is 5. The van der Waals surface area contributed by atoms with Gasteiger partial charge in [-0.15, -0.1) is 12.4 Å². The minimum absolute atomic E-state index is 0. The van der Waals surface area contributed by atoms with Crippen molar-refractivity contribution in [2.75, 3.05) is 28.9 Å².